The molecule has 14 heteroatoms. The van der Waals surface area contributed by atoms with Gasteiger partial charge in [-0.2, -0.15) is 0 Å². The van der Waals surface area contributed by atoms with Crippen LogP contribution < -0.4 is 27.0 Å². The van der Waals surface area contributed by atoms with E-state index in [1.165, 1.54) is 12.1 Å². The quantitative estimate of drug-likeness (QED) is 0.0822. The molecule has 0 saturated carbocycles. The Balaban J connectivity index is 3.16. The summed E-state index contributed by atoms with van der Waals surface area (Å²) in [6, 6.07) is 1.42. The van der Waals surface area contributed by atoms with Crippen molar-refractivity contribution in [3.8, 4) is 0 Å². The number of para-hydroxylation sites is 1. The third-order valence-corrected chi connectivity index (χ3v) is 6.45. The lowest BCUT2D eigenvalue weighted by Gasteiger charge is -2.26. The number of carbonyl (C=O) groups is 7. The maximum Gasteiger partial charge on any atom is 0.303 e. The van der Waals surface area contributed by atoms with Gasteiger partial charge < -0.3 is 42.0 Å². The standard InChI is InChI=1S/C29H43N5O9/c1-4-5-10-21(28(42)34-22(11-13-24(36)37)27(41)31-18(16-35)15-17(2)3)33-29(43)23(12-14-25(38)39)32-26(40)19-8-6-7-9-20(19)30/h6-9,16-18,21-23H,4-5,10-15,30H2,1-3H3,(H,31,41)(H,32,40)(H,33,43)(H,34,42)(H,36,37)(H,38,39)/t18-,21-,22-,23-/m0/s1. The minimum Gasteiger partial charge on any atom is -0.481 e. The average molecular weight is 606 g/mol. The van der Waals surface area contributed by atoms with Crippen LogP contribution in [-0.2, 0) is 28.8 Å². The number of anilines is 1. The number of aliphatic carboxylic acids is 2. The molecule has 0 heterocycles. The number of amides is 4. The number of nitrogens with one attached hydrogen (secondary N) is 4. The summed E-state index contributed by atoms with van der Waals surface area (Å²) in [6.45, 7) is 5.57. The van der Waals surface area contributed by atoms with E-state index in [0.29, 0.717) is 25.5 Å². The predicted molar refractivity (Wildman–Crippen MR) is 157 cm³/mol. The number of nitrogen functional groups attached to an aromatic ring is 1. The van der Waals surface area contributed by atoms with Gasteiger partial charge in [-0.3, -0.25) is 28.8 Å². The highest BCUT2D eigenvalue weighted by Gasteiger charge is 2.31. The molecule has 0 aliphatic heterocycles. The van der Waals surface area contributed by atoms with Crippen molar-refractivity contribution < 1.29 is 43.8 Å². The van der Waals surface area contributed by atoms with E-state index in [1.807, 2.05) is 20.8 Å². The van der Waals surface area contributed by atoms with Crippen molar-refractivity contribution >= 4 is 47.5 Å². The number of nitrogens with two attached hydrogens (primary N) is 1. The van der Waals surface area contributed by atoms with Gasteiger partial charge in [0.05, 0.1) is 11.6 Å². The Hall–Kier alpha value is -4.49. The zero-order valence-electron chi connectivity index (χ0n) is 24.8. The van der Waals surface area contributed by atoms with Gasteiger partial charge in [-0.25, -0.2) is 0 Å². The minimum atomic E-state index is -1.34. The lowest BCUT2D eigenvalue weighted by Crippen LogP contribution is -2.57. The van der Waals surface area contributed by atoms with E-state index < -0.39 is 72.6 Å². The zero-order chi connectivity index (χ0) is 32.5. The van der Waals surface area contributed by atoms with Crippen molar-refractivity contribution in [3.63, 3.8) is 0 Å². The van der Waals surface area contributed by atoms with Gasteiger partial charge >= 0.3 is 11.9 Å². The molecule has 0 aliphatic rings. The molecule has 14 nitrogen and oxygen atoms in total. The van der Waals surface area contributed by atoms with Gasteiger partial charge in [0, 0.05) is 18.5 Å². The molecule has 4 amide bonds. The minimum absolute atomic E-state index is 0.0732. The highest BCUT2D eigenvalue weighted by Crippen LogP contribution is 2.12. The van der Waals surface area contributed by atoms with Gasteiger partial charge in [-0.05, 0) is 43.7 Å². The normalized spacial score (nSPS) is 13.6. The van der Waals surface area contributed by atoms with Gasteiger partial charge in [0.25, 0.3) is 5.91 Å². The molecule has 8 N–H and O–H groups in total. The van der Waals surface area contributed by atoms with Gasteiger partial charge in [0.1, 0.15) is 24.4 Å². The SMILES string of the molecule is CCCC[C@H](NC(=O)[C@H](CCC(=O)O)NC(=O)c1ccccc1N)C(=O)N[C@@H](CCC(=O)O)C(=O)N[C@H](C=O)CC(C)C. The number of hydrogen-bond donors (Lipinski definition) is 7. The number of hydrogen-bond acceptors (Lipinski definition) is 8. The van der Waals surface area contributed by atoms with E-state index >= 15 is 0 Å². The molecule has 4 atom stereocenters. The summed E-state index contributed by atoms with van der Waals surface area (Å²) >= 11 is 0. The maximum atomic E-state index is 13.3. The summed E-state index contributed by atoms with van der Waals surface area (Å²) in [7, 11) is 0. The van der Waals surface area contributed by atoms with Crippen LogP contribution in [0.3, 0.4) is 0 Å². The Morgan fingerprint density at radius 2 is 1.28 bits per heavy atom. The van der Waals surface area contributed by atoms with Crippen LogP contribution in [0.4, 0.5) is 5.69 Å². The van der Waals surface area contributed by atoms with E-state index in [4.69, 9.17) is 15.9 Å². The van der Waals surface area contributed by atoms with E-state index in [2.05, 4.69) is 21.3 Å². The van der Waals surface area contributed by atoms with E-state index in [-0.39, 0.29) is 36.4 Å². The Kier molecular flexibility index (Phi) is 16.0. The van der Waals surface area contributed by atoms with Crippen molar-refractivity contribution in [2.24, 2.45) is 5.92 Å². The Labute approximate surface area is 250 Å². The highest BCUT2D eigenvalue weighted by molar-refractivity contribution is 6.02. The summed E-state index contributed by atoms with van der Waals surface area (Å²) in [5.41, 5.74) is 6.07. The first-order chi connectivity index (χ1) is 20.3. The van der Waals surface area contributed by atoms with Gasteiger partial charge in [-0.15, -0.1) is 0 Å². The molecule has 1 rings (SSSR count). The van der Waals surface area contributed by atoms with Crippen LogP contribution in [0.1, 0.15) is 82.5 Å². The molecule has 0 fully saturated rings. The first-order valence-corrected chi connectivity index (χ1v) is 14.2. The lowest BCUT2D eigenvalue weighted by atomic mass is 10.0. The zero-order valence-corrected chi connectivity index (χ0v) is 24.8. The third kappa shape index (κ3) is 13.8. The molecule has 0 bridgehead atoms. The second-order valence-electron chi connectivity index (χ2n) is 10.6. The topological polar surface area (TPSA) is 234 Å². The van der Waals surface area contributed by atoms with Crippen molar-refractivity contribution in [2.75, 3.05) is 5.73 Å². The first-order valence-electron chi connectivity index (χ1n) is 14.2. The molecule has 1 aromatic rings. The van der Waals surface area contributed by atoms with E-state index in [0.717, 1.165) is 0 Å². The van der Waals surface area contributed by atoms with Crippen molar-refractivity contribution in [1.82, 2.24) is 21.3 Å². The number of unbranched alkanes of at least 4 members (excludes halogenated alkanes) is 1. The average Bonchev–Trinajstić information content (AvgIpc) is 2.94. The Morgan fingerprint density at radius 3 is 1.74 bits per heavy atom. The second kappa shape index (κ2) is 18.8. The molecular weight excluding hydrogens is 562 g/mol. The summed E-state index contributed by atoms with van der Waals surface area (Å²) in [5, 5.41) is 28.3. The molecule has 0 saturated heterocycles. The third-order valence-electron chi connectivity index (χ3n) is 6.45. The van der Waals surface area contributed by atoms with Crippen molar-refractivity contribution in [1.29, 1.82) is 0 Å². The Morgan fingerprint density at radius 1 is 0.791 bits per heavy atom. The number of benzene rings is 1. The fourth-order valence-corrected chi connectivity index (χ4v) is 4.17. The lowest BCUT2D eigenvalue weighted by molar-refractivity contribution is -0.138. The summed E-state index contributed by atoms with van der Waals surface area (Å²) < 4.78 is 0. The summed E-state index contributed by atoms with van der Waals surface area (Å²) in [6.07, 6.45) is 0.695. The van der Waals surface area contributed by atoms with Crippen LogP contribution in [0.25, 0.3) is 0 Å². The molecule has 43 heavy (non-hydrogen) atoms. The molecular formula is C29H43N5O9. The molecule has 0 unspecified atom stereocenters. The molecule has 0 spiro atoms. The van der Waals surface area contributed by atoms with Gasteiger partial charge in [-0.1, -0.05) is 45.7 Å². The molecule has 0 aliphatic carbocycles. The molecule has 0 aromatic heterocycles. The van der Waals surface area contributed by atoms with E-state index in [9.17, 15) is 33.6 Å². The Bertz CT molecular complexity index is 1140. The first kappa shape index (κ1) is 36.5. The predicted octanol–water partition coefficient (Wildman–Crippen LogP) is 0.986. The number of carboxylic acids is 2. The second-order valence-corrected chi connectivity index (χ2v) is 10.6. The van der Waals surface area contributed by atoms with Crippen molar-refractivity contribution in [3.05, 3.63) is 29.8 Å². The number of aldehydes is 1. The van der Waals surface area contributed by atoms with Gasteiger partial charge in [0.15, 0.2) is 0 Å². The van der Waals surface area contributed by atoms with Crippen molar-refractivity contribution in [2.45, 2.75) is 96.3 Å². The van der Waals surface area contributed by atoms with Crippen LogP contribution in [0.5, 0.6) is 0 Å². The fourth-order valence-electron chi connectivity index (χ4n) is 4.17. The van der Waals surface area contributed by atoms with Crippen LogP contribution in [0.15, 0.2) is 24.3 Å². The molecule has 1 aromatic carbocycles. The monoisotopic (exact) mass is 605 g/mol. The summed E-state index contributed by atoms with van der Waals surface area (Å²) in [4.78, 5) is 86.3. The van der Waals surface area contributed by atoms with Crippen LogP contribution in [0.2, 0.25) is 0 Å². The van der Waals surface area contributed by atoms with Crippen LogP contribution >= 0.6 is 0 Å². The molecule has 238 valence electrons. The molecule has 0 radical (unpaired) electrons. The fraction of sp³-hybridized carbons (Fsp3) is 0.552. The van der Waals surface area contributed by atoms with Crippen LogP contribution in [0, 0.1) is 5.92 Å². The van der Waals surface area contributed by atoms with E-state index in [1.54, 1.807) is 12.1 Å². The maximum absolute atomic E-state index is 13.3. The largest absolute Gasteiger partial charge is 0.481 e. The summed E-state index contributed by atoms with van der Waals surface area (Å²) in [5.74, 6) is -5.41. The smallest absolute Gasteiger partial charge is 0.303 e. The van der Waals surface area contributed by atoms with Gasteiger partial charge in [0.2, 0.25) is 17.7 Å². The van der Waals surface area contributed by atoms with Crippen LogP contribution in [-0.4, -0.2) is 76.2 Å². The highest BCUT2D eigenvalue weighted by atomic mass is 16.4. The number of carbonyl (C=O) groups excluding carboxylic acids is 5. The number of carboxylic acid groups (broad SMARTS) is 2. The number of rotatable bonds is 20.